The molecule has 61 heavy (non-hydrogen) atoms. The number of hydrogen-bond donors (Lipinski definition) is 5. The van der Waals surface area contributed by atoms with Crippen LogP contribution in [0.4, 0.5) is 45.5 Å². The lowest BCUT2D eigenvalue weighted by molar-refractivity contribution is -0.432. The van der Waals surface area contributed by atoms with E-state index in [1.54, 1.807) is 54.6 Å². The van der Waals surface area contributed by atoms with Crippen LogP contribution in [0.2, 0.25) is 0 Å². The molecule has 21 nitrogen and oxygen atoms in total. The number of carbonyl (C=O) groups is 1. The number of carboxylic acid groups (broad SMARTS) is 1. The first-order valence-corrected chi connectivity index (χ1v) is 18.5. The maximum atomic E-state index is 12.0. The van der Waals surface area contributed by atoms with Crippen LogP contribution in [0, 0.1) is 0 Å². The largest absolute Gasteiger partial charge is 0.505 e. The van der Waals surface area contributed by atoms with E-state index in [-0.39, 0.29) is 50.4 Å². The normalized spacial score (nSPS) is 11.8. The molecule has 0 aromatic heterocycles. The third kappa shape index (κ3) is 10.1. The van der Waals surface area contributed by atoms with Crippen molar-refractivity contribution in [1.29, 1.82) is 0 Å². The molecule has 0 atom stereocenters. The smallest absolute Gasteiger partial charge is 0.337 e. The molecule has 0 heterocycles. The number of aromatic hydroxyl groups is 1. The Morgan fingerprint density at radius 1 is 0.639 bits per heavy atom. The topological polar surface area (TPSA) is 284 Å². The Bertz CT molecular complexity index is 2720. The van der Waals surface area contributed by atoms with E-state index in [0.717, 1.165) is 6.40 Å². The van der Waals surface area contributed by atoms with Gasteiger partial charge in [0.05, 0.1) is 91.4 Å². The van der Waals surface area contributed by atoms with E-state index in [1.807, 2.05) is 0 Å². The Labute approximate surface area is 352 Å². The Morgan fingerprint density at radius 3 is 2.02 bits per heavy atom. The highest BCUT2D eigenvalue weighted by atomic mass is 32.2. The fourth-order valence-corrected chi connectivity index (χ4v) is 6.58. The van der Waals surface area contributed by atoms with E-state index >= 15 is 0 Å². The van der Waals surface area contributed by atoms with Crippen LogP contribution in [-0.2, 0) is 23.5 Å². The van der Waals surface area contributed by atoms with Crippen LogP contribution in [-0.4, -0.2) is 61.5 Å². The number of nitrogen functional groups attached to an aromatic ring is 1. The van der Waals surface area contributed by atoms with E-state index in [0.29, 0.717) is 79.1 Å². The van der Waals surface area contributed by atoms with Gasteiger partial charge in [0.15, 0.2) is 12.2 Å². The quantitative estimate of drug-likeness (QED) is 0.0102. The molecule has 6 aromatic rings. The summed E-state index contributed by atoms with van der Waals surface area (Å²) in [6.45, 7) is 0. The lowest BCUT2D eigenvalue weighted by atomic mass is 10.1. The lowest BCUT2D eigenvalue weighted by Gasteiger charge is -2.12. The van der Waals surface area contributed by atoms with Gasteiger partial charge in [-0.15, -0.1) is 29.1 Å². The fourth-order valence-electron chi connectivity index (χ4n) is 5.68. The summed E-state index contributed by atoms with van der Waals surface area (Å²) in [4.78, 5) is 16.6. The molecule has 0 radical (unpaired) electrons. The molecule has 0 aliphatic rings. The number of phenolic OH excluding ortho intramolecular Hbond substituents is 1. The van der Waals surface area contributed by atoms with Crippen molar-refractivity contribution >= 4 is 103 Å². The molecule has 0 fully saturated rings. The number of carboxylic acids is 1. The van der Waals surface area contributed by atoms with Crippen molar-refractivity contribution in [3.63, 3.8) is 0 Å². The van der Waals surface area contributed by atoms with Crippen LogP contribution in [0.5, 0.6) is 23.0 Å². The molecule has 0 saturated carbocycles. The highest BCUT2D eigenvalue weighted by molar-refractivity contribution is 7.94. The predicted molar refractivity (Wildman–Crippen MR) is 222 cm³/mol. The number of phenols is 1. The summed E-state index contributed by atoms with van der Waals surface area (Å²) in [5, 5.41) is 74.7. The maximum absolute atomic E-state index is 12.0. The van der Waals surface area contributed by atoms with E-state index in [9.17, 15) is 15.0 Å². The average molecular weight is 873 g/mol. The van der Waals surface area contributed by atoms with Crippen molar-refractivity contribution in [2.75, 3.05) is 34.2 Å². The summed E-state index contributed by atoms with van der Waals surface area (Å²) in [5.41, 5.74) is 7.53. The highest BCUT2D eigenvalue weighted by Gasteiger charge is 2.19. The van der Waals surface area contributed by atoms with Gasteiger partial charge in [-0.25, -0.2) is 20.3 Å². The number of hydrogen-bond acceptors (Lipinski definition) is 22. The van der Waals surface area contributed by atoms with Gasteiger partial charge in [0.1, 0.15) is 34.3 Å². The standard InChI is InChI=1S/C38H32N8O13S2/c1-52-18-40-28-10-7-21(13-26(28)38(48)49)41-43-29-16-33(55-4)35(23-9-8-22(14-25(23)29)60-58-56-50)45-46-36-34(61-59-57-51)11-19-5-6-20(12-24(19)37(36)47)42-44-30-17-31(53-2)27(39)15-32(30)54-3/h5-18,47,50-51H,39H2,1-4H3,(H,48,49)/b40-18-,43-41?,44-42?,46-45?. The summed E-state index contributed by atoms with van der Waals surface area (Å²) in [7, 11) is 5.70. The second-order valence-electron chi connectivity index (χ2n) is 11.9. The zero-order valence-electron chi connectivity index (χ0n) is 32.1. The molecular formula is C38H32N8O13S2. The van der Waals surface area contributed by atoms with Crippen LogP contribution in [0.25, 0.3) is 21.5 Å². The zero-order valence-corrected chi connectivity index (χ0v) is 33.7. The Hall–Kier alpha value is -6.96. The molecule has 6 N–H and O–H groups in total. The van der Waals surface area contributed by atoms with Gasteiger partial charge >= 0.3 is 5.97 Å². The van der Waals surface area contributed by atoms with Crippen LogP contribution in [0.3, 0.4) is 0 Å². The van der Waals surface area contributed by atoms with E-state index in [4.69, 9.17) is 39.5 Å². The number of rotatable bonds is 18. The molecular weight excluding hydrogens is 841 g/mol. The fraction of sp³-hybridized carbons (Fsp3) is 0.105. The summed E-state index contributed by atoms with van der Waals surface area (Å²) < 4.78 is 30.6. The molecule has 0 bridgehead atoms. The highest BCUT2D eigenvalue weighted by Crippen LogP contribution is 2.48. The lowest BCUT2D eigenvalue weighted by Crippen LogP contribution is -1.96. The number of aromatic carboxylic acids is 1. The third-order valence-corrected chi connectivity index (χ3v) is 9.62. The van der Waals surface area contributed by atoms with E-state index < -0.39 is 5.97 Å². The summed E-state index contributed by atoms with van der Waals surface area (Å²) in [6, 6.07) is 20.3. The first-order valence-electron chi connectivity index (χ1n) is 17.1. The minimum absolute atomic E-state index is 0.0965. The monoisotopic (exact) mass is 872 g/mol. The van der Waals surface area contributed by atoms with Gasteiger partial charge in [0, 0.05) is 39.3 Å². The number of ether oxygens (including phenoxy) is 4. The van der Waals surface area contributed by atoms with Gasteiger partial charge in [-0.3, -0.25) is 0 Å². The summed E-state index contributed by atoms with van der Waals surface area (Å²) in [5.74, 6) is -0.691. The van der Waals surface area contributed by atoms with E-state index in [1.165, 1.54) is 52.7 Å². The van der Waals surface area contributed by atoms with Crippen molar-refractivity contribution in [2.24, 2.45) is 35.7 Å². The molecule has 6 aromatic carbocycles. The number of fused-ring (bicyclic) bond motifs is 2. The van der Waals surface area contributed by atoms with Crippen molar-refractivity contribution in [3.8, 4) is 23.0 Å². The molecule has 0 unspecified atom stereocenters. The minimum atomic E-state index is -1.24. The number of azo groups is 3. The van der Waals surface area contributed by atoms with E-state index in [2.05, 4.69) is 50.1 Å². The minimum Gasteiger partial charge on any atom is -0.505 e. The molecule has 314 valence electrons. The third-order valence-electron chi connectivity index (χ3n) is 8.43. The average Bonchev–Trinajstić information content (AvgIpc) is 3.27. The van der Waals surface area contributed by atoms with Crippen LogP contribution >= 0.6 is 24.1 Å². The molecule has 0 saturated heterocycles. The predicted octanol–water partition coefficient (Wildman–Crippen LogP) is 11.4. The molecule has 0 amide bonds. The summed E-state index contributed by atoms with van der Waals surface area (Å²) in [6.07, 6.45) is 1.10. The molecule has 6 rings (SSSR count). The van der Waals surface area contributed by atoms with Crippen molar-refractivity contribution in [2.45, 2.75) is 9.79 Å². The van der Waals surface area contributed by atoms with Crippen molar-refractivity contribution in [3.05, 3.63) is 84.4 Å². The molecule has 23 heteroatoms. The van der Waals surface area contributed by atoms with Crippen LogP contribution in [0.15, 0.2) is 124 Å². The number of anilines is 1. The van der Waals surface area contributed by atoms with Gasteiger partial charge in [-0.05, 0) is 53.9 Å². The Balaban J connectivity index is 1.45. The number of nitrogens with zero attached hydrogens (tertiary/aromatic N) is 7. The number of benzene rings is 6. The van der Waals surface area contributed by atoms with Crippen LogP contribution < -0.4 is 19.9 Å². The molecule has 0 aliphatic carbocycles. The number of aliphatic imine (C=N–C) groups is 1. The number of nitrogens with two attached hydrogens (primary N) is 1. The maximum Gasteiger partial charge on any atom is 0.337 e. The SMILES string of the molecule is CO/C=N\c1ccc(N=Nc2cc(OC)c(N=Nc3c(SOOO)cc4ccc(N=Nc5cc(OC)c(N)cc5OC)cc4c3O)c3ccc(SOOO)cc23)cc1C(=O)O. The molecule has 0 spiro atoms. The first-order chi connectivity index (χ1) is 29.6. The van der Waals surface area contributed by atoms with Crippen molar-refractivity contribution < 1.29 is 63.2 Å². The zero-order chi connectivity index (χ0) is 43.5. The Morgan fingerprint density at radius 2 is 1.31 bits per heavy atom. The van der Waals surface area contributed by atoms with Gasteiger partial charge < -0.3 is 34.9 Å². The van der Waals surface area contributed by atoms with Gasteiger partial charge in [-0.1, -0.05) is 22.2 Å². The van der Waals surface area contributed by atoms with Crippen molar-refractivity contribution in [1.82, 2.24) is 0 Å². The Kier molecular flexibility index (Phi) is 14.5. The van der Waals surface area contributed by atoms with Crippen LogP contribution in [0.1, 0.15) is 10.4 Å². The second kappa shape index (κ2) is 20.3. The van der Waals surface area contributed by atoms with Gasteiger partial charge in [0.2, 0.25) is 0 Å². The first kappa shape index (κ1) is 43.6. The second-order valence-corrected chi connectivity index (χ2v) is 13.4. The molecule has 0 aliphatic heterocycles. The van der Waals surface area contributed by atoms with Gasteiger partial charge in [-0.2, -0.15) is 10.2 Å². The summed E-state index contributed by atoms with van der Waals surface area (Å²) >= 11 is 1.23. The van der Waals surface area contributed by atoms with Gasteiger partial charge in [0.25, 0.3) is 0 Å². The number of methoxy groups -OCH3 is 4.